The van der Waals surface area contributed by atoms with Crippen LogP contribution in [0.25, 0.3) is 11.0 Å². The first kappa shape index (κ1) is 24.5. The molecule has 1 aromatic heterocycles. The van der Waals surface area contributed by atoms with Gasteiger partial charge in [0.15, 0.2) is 0 Å². The van der Waals surface area contributed by atoms with Crippen molar-refractivity contribution in [2.45, 2.75) is 53.5 Å². The van der Waals surface area contributed by atoms with Gasteiger partial charge in [-0.25, -0.2) is 4.98 Å². The third kappa shape index (κ3) is 6.10. The van der Waals surface area contributed by atoms with Crippen LogP contribution in [0.2, 0.25) is 0 Å². The van der Waals surface area contributed by atoms with Crippen LogP contribution < -0.4 is 10.1 Å². The average Bonchev–Trinajstić information content (AvgIpc) is 3.19. The molecule has 4 aromatic rings. The standard InChI is InChI=1S/C30H35N3O2/c1-21-13-15-25(24(4)19-21)30(34)31-16-7-11-29-32-26-9-5-6-10-27(26)33(29)17-8-18-35-28-20-22(2)12-14-23(28)3/h5-6,9-10,12-15,19-20H,7-8,11,16-18H2,1-4H3,(H,31,34). The Labute approximate surface area is 208 Å². The zero-order valence-corrected chi connectivity index (χ0v) is 21.2. The third-order valence-corrected chi connectivity index (χ3v) is 6.35. The van der Waals surface area contributed by atoms with Crippen LogP contribution >= 0.6 is 0 Å². The quantitative estimate of drug-likeness (QED) is 0.286. The van der Waals surface area contributed by atoms with E-state index in [0.29, 0.717) is 13.2 Å². The molecule has 1 heterocycles. The highest BCUT2D eigenvalue weighted by Gasteiger charge is 2.12. The first-order valence-corrected chi connectivity index (χ1v) is 12.4. The Bertz CT molecular complexity index is 1320. The number of imidazole rings is 1. The molecule has 35 heavy (non-hydrogen) atoms. The maximum Gasteiger partial charge on any atom is 0.251 e. The Hall–Kier alpha value is -3.60. The van der Waals surface area contributed by atoms with Crippen LogP contribution in [0.1, 0.15) is 51.3 Å². The average molecular weight is 470 g/mol. The molecule has 0 bridgehead atoms. The van der Waals surface area contributed by atoms with E-state index in [9.17, 15) is 4.79 Å². The Kier molecular flexibility index (Phi) is 7.86. The van der Waals surface area contributed by atoms with E-state index in [0.717, 1.165) is 70.7 Å². The van der Waals surface area contributed by atoms with Gasteiger partial charge in [-0.15, -0.1) is 0 Å². The van der Waals surface area contributed by atoms with Crippen LogP contribution in [0.3, 0.4) is 0 Å². The highest BCUT2D eigenvalue weighted by atomic mass is 16.5. The van der Waals surface area contributed by atoms with Gasteiger partial charge in [0.05, 0.1) is 17.6 Å². The zero-order chi connectivity index (χ0) is 24.8. The van der Waals surface area contributed by atoms with Crippen molar-refractivity contribution in [3.8, 4) is 5.75 Å². The largest absolute Gasteiger partial charge is 0.493 e. The molecular formula is C30H35N3O2. The SMILES string of the molecule is Cc1ccc(C(=O)NCCCc2nc3ccccc3n2CCCOc2cc(C)ccc2C)c(C)c1. The number of ether oxygens (including phenoxy) is 1. The summed E-state index contributed by atoms with van der Waals surface area (Å²) in [5, 5.41) is 3.07. The molecule has 0 radical (unpaired) electrons. The molecule has 0 unspecified atom stereocenters. The minimum Gasteiger partial charge on any atom is -0.493 e. The number of carbonyl (C=O) groups is 1. The van der Waals surface area contributed by atoms with Crippen molar-refractivity contribution in [3.63, 3.8) is 0 Å². The van der Waals surface area contributed by atoms with E-state index in [-0.39, 0.29) is 5.91 Å². The molecule has 0 spiro atoms. The molecule has 1 amide bonds. The second kappa shape index (κ2) is 11.2. The molecule has 0 saturated carbocycles. The molecule has 5 nitrogen and oxygen atoms in total. The van der Waals surface area contributed by atoms with Gasteiger partial charge < -0.3 is 14.6 Å². The number of amides is 1. The number of rotatable bonds is 10. The smallest absolute Gasteiger partial charge is 0.251 e. The number of carbonyl (C=O) groups excluding carboxylic acids is 1. The predicted molar refractivity (Wildman–Crippen MR) is 142 cm³/mol. The Balaban J connectivity index is 1.34. The Morgan fingerprint density at radius 3 is 2.51 bits per heavy atom. The van der Waals surface area contributed by atoms with Gasteiger partial charge in [-0.1, -0.05) is 42.0 Å². The van der Waals surface area contributed by atoms with Crippen LogP contribution in [0, 0.1) is 27.7 Å². The number of fused-ring (bicyclic) bond motifs is 1. The lowest BCUT2D eigenvalue weighted by Gasteiger charge is -2.12. The van der Waals surface area contributed by atoms with Crippen molar-refractivity contribution >= 4 is 16.9 Å². The summed E-state index contributed by atoms with van der Waals surface area (Å²) in [5.74, 6) is 2.00. The van der Waals surface area contributed by atoms with E-state index < -0.39 is 0 Å². The Morgan fingerprint density at radius 1 is 0.914 bits per heavy atom. The van der Waals surface area contributed by atoms with Gasteiger partial charge in [0.25, 0.3) is 5.91 Å². The van der Waals surface area contributed by atoms with Crippen molar-refractivity contribution < 1.29 is 9.53 Å². The number of nitrogens with one attached hydrogen (secondary N) is 1. The second-order valence-corrected chi connectivity index (χ2v) is 9.32. The number of hydrogen-bond donors (Lipinski definition) is 1. The number of para-hydroxylation sites is 2. The summed E-state index contributed by atoms with van der Waals surface area (Å²) < 4.78 is 8.37. The summed E-state index contributed by atoms with van der Waals surface area (Å²) in [6, 6.07) is 20.5. The molecule has 3 aromatic carbocycles. The molecule has 0 aliphatic rings. The number of hydrogen-bond acceptors (Lipinski definition) is 3. The molecule has 0 saturated heterocycles. The molecular weight excluding hydrogens is 434 g/mol. The van der Waals surface area contributed by atoms with Gasteiger partial charge in [0.1, 0.15) is 11.6 Å². The summed E-state index contributed by atoms with van der Waals surface area (Å²) >= 11 is 0. The lowest BCUT2D eigenvalue weighted by Crippen LogP contribution is -2.25. The minimum atomic E-state index is -0.0143. The lowest BCUT2D eigenvalue weighted by molar-refractivity contribution is 0.0952. The number of aryl methyl sites for hydroxylation is 6. The van der Waals surface area contributed by atoms with Gasteiger partial charge in [-0.3, -0.25) is 4.79 Å². The van der Waals surface area contributed by atoms with Crippen LogP contribution in [0.15, 0.2) is 60.7 Å². The molecule has 1 N–H and O–H groups in total. The van der Waals surface area contributed by atoms with Gasteiger partial charge in [-0.2, -0.15) is 0 Å². The molecule has 0 fully saturated rings. The van der Waals surface area contributed by atoms with E-state index in [4.69, 9.17) is 9.72 Å². The summed E-state index contributed by atoms with van der Waals surface area (Å²) in [5.41, 5.74) is 7.44. The van der Waals surface area contributed by atoms with E-state index >= 15 is 0 Å². The monoisotopic (exact) mass is 469 g/mol. The normalized spacial score (nSPS) is 11.1. The van der Waals surface area contributed by atoms with Crippen LogP contribution in [0.5, 0.6) is 5.75 Å². The summed E-state index contributed by atoms with van der Waals surface area (Å²) in [4.78, 5) is 17.5. The van der Waals surface area contributed by atoms with E-state index in [1.165, 1.54) is 5.56 Å². The maximum atomic E-state index is 12.6. The van der Waals surface area contributed by atoms with Crippen molar-refractivity contribution in [1.29, 1.82) is 0 Å². The highest BCUT2D eigenvalue weighted by molar-refractivity contribution is 5.95. The first-order chi connectivity index (χ1) is 16.9. The third-order valence-electron chi connectivity index (χ3n) is 6.35. The van der Waals surface area contributed by atoms with E-state index in [1.54, 1.807) is 0 Å². The van der Waals surface area contributed by atoms with Gasteiger partial charge in [0, 0.05) is 25.1 Å². The minimum absolute atomic E-state index is 0.0143. The van der Waals surface area contributed by atoms with E-state index in [1.807, 2.05) is 38.1 Å². The molecule has 0 atom stereocenters. The van der Waals surface area contributed by atoms with Gasteiger partial charge in [0.2, 0.25) is 0 Å². The predicted octanol–water partition coefficient (Wildman–Crippen LogP) is 6.10. The fourth-order valence-electron chi connectivity index (χ4n) is 4.45. The van der Waals surface area contributed by atoms with Crippen LogP contribution in [-0.4, -0.2) is 28.6 Å². The van der Waals surface area contributed by atoms with Crippen molar-refractivity contribution in [2.75, 3.05) is 13.2 Å². The molecule has 0 aliphatic carbocycles. The summed E-state index contributed by atoms with van der Waals surface area (Å²) in [6.07, 6.45) is 2.53. The molecule has 5 heteroatoms. The number of nitrogens with zero attached hydrogens (tertiary/aromatic N) is 2. The highest BCUT2D eigenvalue weighted by Crippen LogP contribution is 2.21. The van der Waals surface area contributed by atoms with Gasteiger partial charge in [-0.05, 0) is 81.5 Å². The fraction of sp³-hybridized carbons (Fsp3) is 0.333. The van der Waals surface area contributed by atoms with Crippen LogP contribution in [0.4, 0.5) is 0 Å². The van der Waals surface area contributed by atoms with Crippen molar-refractivity contribution in [2.24, 2.45) is 0 Å². The van der Waals surface area contributed by atoms with Crippen LogP contribution in [-0.2, 0) is 13.0 Å². The maximum absolute atomic E-state index is 12.6. The molecule has 4 rings (SSSR count). The Morgan fingerprint density at radius 2 is 1.69 bits per heavy atom. The molecule has 182 valence electrons. The molecule has 0 aliphatic heterocycles. The first-order valence-electron chi connectivity index (χ1n) is 12.4. The summed E-state index contributed by atoms with van der Waals surface area (Å²) in [6.45, 7) is 10.3. The zero-order valence-electron chi connectivity index (χ0n) is 21.2. The number of aromatic nitrogens is 2. The summed E-state index contributed by atoms with van der Waals surface area (Å²) in [7, 11) is 0. The van der Waals surface area contributed by atoms with Gasteiger partial charge >= 0.3 is 0 Å². The number of benzene rings is 3. The van der Waals surface area contributed by atoms with Crippen molar-refractivity contribution in [3.05, 3.63) is 94.3 Å². The fourth-order valence-corrected chi connectivity index (χ4v) is 4.45. The second-order valence-electron chi connectivity index (χ2n) is 9.32. The van der Waals surface area contributed by atoms with E-state index in [2.05, 4.69) is 60.1 Å². The lowest BCUT2D eigenvalue weighted by atomic mass is 10.1. The topological polar surface area (TPSA) is 56.2 Å². The van der Waals surface area contributed by atoms with Crippen molar-refractivity contribution in [1.82, 2.24) is 14.9 Å².